The number of H-pyrrole nitrogens is 1. The molecule has 0 fully saturated rings. The summed E-state index contributed by atoms with van der Waals surface area (Å²) < 4.78 is 12.4. The van der Waals surface area contributed by atoms with Crippen molar-refractivity contribution in [3.63, 3.8) is 0 Å². The zero-order valence-corrected chi connectivity index (χ0v) is 22.1. The minimum atomic E-state index is -0.604. The molecule has 3 aromatic heterocycles. The van der Waals surface area contributed by atoms with E-state index in [-0.39, 0.29) is 11.3 Å². The number of nitrogens with zero attached hydrogens (tertiary/aromatic N) is 4. The maximum absolute atomic E-state index is 13.8. The van der Waals surface area contributed by atoms with Gasteiger partial charge in [-0.3, -0.25) is 18.9 Å². The molecule has 9 nitrogen and oxygen atoms in total. The van der Waals surface area contributed by atoms with Crippen LogP contribution in [0.2, 0.25) is 0 Å². The van der Waals surface area contributed by atoms with Crippen molar-refractivity contribution in [3.05, 3.63) is 110 Å². The van der Waals surface area contributed by atoms with Crippen LogP contribution in [0.3, 0.4) is 0 Å². The van der Waals surface area contributed by atoms with E-state index in [4.69, 9.17) is 14.2 Å². The maximum Gasteiger partial charge on any atom is 0.439 e. The molecule has 0 aliphatic carbocycles. The molecule has 0 atom stereocenters. The van der Waals surface area contributed by atoms with Crippen molar-refractivity contribution in [1.29, 1.82) is 0 Å². The van der Waals surface area contributed by atoms with Gasteiger partial charge in [-0.2, -0.15) is 0 Å². The van der Waals surface area contributed by atoms with E-state index in [2.05, 4.69) is 22.0 Å². The minimum absolute atomic E-state index is 0.211. The second-order valence-corrected chi connectivity index (χ2v) is 9.26. The van der Waals surface area contributed by atoms with E-state index in [1.807, 2.05) is 68.4 Å². The fraction of sp³-hybridized carbons (Fsp3) is 0.233. The molecule has 0 unspecified atom stereocenters. The van der Waals surface area contributed by atoms with Crippen molar-refractivity contribution in [2.75, 3.05) is 0 Å². The topological polar surface area (TPSA) is 116 Å². The summed E-state index contributed by atoms with van der Waals surface area (Å²) in [6.07, 6.45) is 3.76. The second-order valence-electron chi connectivity index (χ2n) is 9.26. The number of nitrogens with one attached hydrogen (secondary N) is 1. The average molecular weight is 524 g/mol. The van der Waals surface area contributed by atoms with Crippen molar-refractivity contribution >= 4 is 0 Å². The van der Waals surface area contributed by atoms with Gasteiger partial charge in [-0.25, -0.2) is 14.8 Å². The lowest BCUT2D eigenvalue weighted by atomic mass is 9.98. The van der Waals surface area contributed by atoms with Gasteiger partial charge in [-0.15, -0.1) is 0 Å². The van der Waals surface area contributed by atoms with Gasteiger partial charge in [-0.05, 0) is 48.1 Å². The maximum atomic E-state index is 13.8. The lowest BCUT2D eigenvalue weighted by molar-refractivity contribution is 0.388. The van der Waals surface area contributed by atoms with Gasteiger partial charge in [0.2, 0.25) is 11.6 Å². The summed E-state index contributed by atoms with van der Waals surface area (Å²) in [5.41, 5.74) is 4.92. The number of aryl methyl sites for hydroxylation is 3. The fourth-order valence-electron chi connectivity index (χ4n) is 4.48. The zero-order chi connectivity index (χ0) is 27.4. The van der Waals surface area contributed by atoms with Gasteiger partial charge in [0.05, 0.1) is 12.2 Å². The van der Waals surface area contributed by atoms with Crippen LogP contribution in [-0.4, -0.2) is 24.7 Å². The highest BCUT2D eigenvalue weighted by molar-refractivity contribution is 5.80. The molecule has 0 saturated heterocycles. The highest BCUT2D eigenvalue weighted by Crippen LogP contribution is 2.30. The Kier molecular flexibility index (Phi) is 7.49. The third-order valence-electron chi connectivity index (χ3n) is 6.41. The van der Waals surface area contributed by atoms with Crippen LogP contribution in [0.1, 0.15) is 42.9 Å². The van der Waals surface area contributed by atoms with Crippen molar-refractivity contribution < 1.29 is 9.26 Å². The van der Waals surface area contributed by atoms with Crippen LogP contribution in [0.15, 0.2) is 81.0 Å². The SMILES string of the molecule is CCCc1nc(CC)c(Oc2cc(C)ccn2)c(=O)n1Cc1ccc(-c2ccccc2-c2noc(=O)[nH]2)cc1. The van der Waals surface area contributed by atoms with E-state index >= 15 is 0 Å². The van der Waals surface area contributed by atoms with Crippen molar-refractivity contribution in [2.24, 2.45) is 0 Å². The molecule has 0 saturated carbocycles. The highest BCUT2D eigenvalue weighted by atomic mass is 16.5. The van der Waals surface area contributed by atoms with Gasteiger partial charge in [0.15, 0.2) is 5.82 Å². The molecule has 0 aliphatic heterocycles. The lowest BCUT2D eigenvalue weighted by Gasteiger charge is -2.17. The molecular formula is C30H29N5O4. The molecule has 198 valence electrons. The zero-order valence-electron chi connectivity index (χ0n) is 22.1. The minimum Gasteiger partial charge on any atom is -0.431 e. The number of hydrogen-bond donors (Lipinski definition) is 1. The smallest absolute Gasteiger partial charge is 0.431 e. The van der Waals surface area contributed by atoms with Crippen LogP contribution >= 0.6 is 0 Å². The van der Waals surface area contributed by atoms with Crippen LogP contribution in [0.25, 0.3) is 22.5 Å². The number of hydrogen-bond acceptors (Lipinski definition) is 7. The number of aromatic amines is 1. The molecule has 2 aromatic carbocycles. The monoisotopic (exact) mass is 523 g/mol. The summed E-state index contributed by atoms with van der Waals surface area (Å²) in [6, 6.07) is 19.2. The summed E-state index contributed by atoms with van der Waals surface area (Å²) >= 11 is 0. The lowest BCUT2D eigenvalue weighted by Crippen LogP contribution is -2.28. The first kappa shape index (κ1) is 25.8. The first-order chi connectivity index (χ1) is 19.0. The van der Waals surface area contributed by atoms with Crippen LogP contribution in [0.5, 0.6) is 11.6 Å². The molecule has 5 aromatic rings. The predicted octanol–water partition coefficient (Wildman–Crippen LogP) is 5.31. The van der Waals surface area contributed by atoms with E-state index in [1.54, 1.807) is 16.8 Å². The molecule has 0 aliphatic rings. The van der Waals surface area contributed by atoms with Crippen molar-refractivity contribution in [1.82, 2.24) is 24.7 Å². The predicted molar refractivity (Wildman–Crippen MR) is 148 cm³/mol. The van der Waals surface area contributed by atoms with Crippen LogP contribution in [0, 0.1) is 6.92 Å². The Hall–Kier alpha value is -4.79. The number of benzene rings is 2. The molecule has 0 bridgehead atoms. The first-order valence-corrected chi connectivity index (χ1v) is 12.9. The third kappa shape index (κ3) is 5.57. The summed E-state index contributed by atoms with van der Waals surface area (Å²) in [4.78, 5) is 36.9. The number of ether oxygens (including phenoxy) is 1. The van der Waals surface area contributed by atoms with Gasteiger partial charge in [0.1, 0.15) is 5.82 Å². The average Bonchev–Trinajstić information content (AvgIpc) is 3.38. The van der Waals surface area contributed by atoms with Crippen molar-refractivity contribution in [2.45, 2.75) is 46.6 Å². The third-order valence-corrected chi connectivity index (χ3v) is 6.41. The fourth-order valence-corrected chi connectivity index (χ4v) is 4.48. The molecule has 5 rings (SSSR count). The Morgan fingerprint density at radius 2 is 1.77 bits per heavy atom. The first-order valence-electron chi connectivity index (χ1n) is 12.9. The second kappa shape index (κ2) is 11.3. The van der Waals surface area contributed by atoms with Gasteiger partial charge in [0.25, 0.3) is 5.56 Å². The molecule has 9 heteroatoms. The summed E-state index contributed by atoms with van der Waals surface area (Å²) in [5, 5.41) is 3.84. The molecule has 0 amide bonds. The Bertz CT molecular complexity index is 1720. The molecular weight excluding hydrogens is 494 g/mol. The molecule has 39 heavy (non-hydrogen) atoms. The van der Waals surface area contributed by atoms with Crippen molar-refractivity contribution in [3.8, 4) is 34.1 Å². The van der Waals surface area contributed by atoms with Crippen LogP contribution in [-0.2, 0) is 19.4 Å². The Morgan fingerprint density at radius 1 is 1.00 bits per heavy atom. The van der Waals surface area contributed by atoms with Gasteiger partial charge in [0, 0.05) is 24.2 Å². The van der Waals surface area contributed by atoms with Crippen LogP contribution < -0.4 is 16.1 Å². The van der Waals surface area contributed by atoms with E-state index in [1.165, 1.54) is 0 Å². The van der Waals surface area contributed by atoms with E-state index in [0.29, 0.717) is 36.8 Å². The summed E-state index contributed by atoms with van der Waals surface area (Å²) in [5.74, 6) is 1.08. The molecule has 3 heterocycles. The quantitative estimate of drug-likeness (QED) is 0.278. The van der Waals surface area contributed by atoms with Gasteiger partial charge in [-0.1, -0.05) is 67.5 Å². The Morgan fingerprint density at radius 3 is 2.44 bits per heavy atom. The van der Waals surface area contributed by atoms with Gasteiger partial charge < -0.3 is 4.74 Å². The van der Waals surface area contributed by atoms with E-state index in [9.17, 15) is 9.59 Å². The van der Waals surface area contributed by atoms with Crippen LogP contribution in [0.4, 0.5) is 0 Å². The summed E-state index contributed by atoms with van der Waals surface area (Å²) in [6.45, 7) is 6.33. The standard InChI is InChI=1S/C30H29N5O4/c1-4-8-25-32-24(5-2)27(38-26-17-19(3)15-16-31-26)29(36)35(25)18-20-11-13-21(14-12-20)22-9-6-7-10-23(22)28-33-30(37)39-34-28/h6-7,9-17H,4-5,8,18H2,1-3H3,(H,33,34,37). The Labute approximate surface area is 225 Å². The Balaban J connectivity index is 1.50. The summed E-state index contributed by atoms with van der Waals surface area (Å²) in [7, 11) is 0. The van der Waals surface area contributed by atoms with E-state index in [0.717, 1.165) is 40.1 Å². The normalized spacial score (nSPS) is 11.1. The largest absolute Gasteiger partial charge is 0.439 e. The number of rotatable bonds is 9. The van der Waals surface area contributed by atoms with E-state index < -0.39 is 5.76 Å². The molecule has 0 spiro atoms. The highest BCUT2D eigenvalue weighted by Gasteiger charge is 2.19. The number of aromatic nitrogens is 5. The number of pyridine rings is 1. The molecule has 1 N–H and O–H groups in total. The van der Waals surface area contributed by atoms with Gasteiger partial charge >= 0.3 is 5.76 Å². The molecule has 0 radical (unpaired) electrons.